The molecular weight excluding hydrogens is 342 g/mol. The standard InChI is InChI=1S/C25H35N3/c1-27-10-7-24-22(17-27)21-5-2-3-6-23(21)28(24)9-4-8-26-25-14-18-11-19(15-25)13-20(12-18)16-25/h2-3,5-6,18-20,26H,4,7-17H2,1H3. The lowest BCUT2D eigenvalue weighted by atomic mass is 9.53. The second-order valence-corrected chi connectivity index (χ2v) is 10.6. The van der Waals surface area contributed by atoms with Crippen LogP contribution < -0.4 is 5.32 Å². The number of nitrogens with one attached hydrogen (secondary N) is 1. The van der Waals surface area contributed by atoms with E-state index in [0.717, 1.165) is 24.3 Å². The van der Waals surface area contributed by atoms with Crippen LogP contribution in [0, 0.1) is 17.8 Å². The molecule has 4 aliphatic carbocycles. The monoisotopic (exact) mass is 377 g/mol. The summed E-state index contributed by atoms with van der Waals surface area (Å²) in [5.74, 6) is 3.11. The van der Waals surface area contributed by atoms with Crippen molar-refractivity contribution in [3.8, 4) is 0 Å². The second kappa shape index (κ2) is 6.60. The molecular formula is C25H35N3. The van der Waals surface area contributed by atoms with Crippen LogP contribution in [0.15, 0.2) is 24.3 Å². The SMILES string of the molecule is CN1CCc2c(c3ccccc3n2CCCNC23CC4CC(CC(C4)C2)C3)C1. The topological polar surface area (TPSA) is 20.2 Å². The minimum Gasteiger partial charge on any atom is -0.344 e. The van der Waals surface area contributed by atoms with Crippen LogP contribution in [0.25, 0.3) is 10.9 Å². The van der Waals surface area contributed by atoms with Crippen molar-refractivity contribution >= 4 is 10.9 Å². The van der Waals surface area contributed by atoms with Crippen LogP contribution in [0.1, 0.15) is 56.2 Å². The third-order valence-corrected chi connectivity index (χ3v) is 8.45. The van der Waals surface area contributed by atoms with E-state index in [4.69, 9.17) is 0 Å². The minimum atomic E-state index is 0.510. The Morgan fingerprint density at radius 2 is 1.75 bits per heavy atom. The van der Waals surface area contributed by atoms with Gasteiger partial charge in [-0.2, -0.15) is 0 Å². The number of aromatic nitrogens is 1. The molecule has 0 atom stereocenters. The highest BCUT2D eigenvalue weighted by Gasteiger charge is 2.50. The number of fused-ring (bicyclic) bond motifs is 3. The predicted molar refractivity (Wildman–Crippen MR) is 115 cm³/mol. The van der Waals surface area contributed by atoms with Crippen LogP contribution >= 0.6 is 0 Å². The third kappa shape index (κ3) is 2.85. The summed E-state index contributed by atoms with van der Waals surface area (Å²) in [7, 11) is 2.25. The number of hydrogen-bond donors (Lipinski definition) is 1. The van der Waals surface area contributed by atoms with Gasteiger partial charge in [0.05, 0.1) is 0 Å². The summed E-state index contributed by atoms with van der Waals surface area (Å²) in [6.07, 6.45) is 11.5. The van der Waals surface area contributed by atoms with Crippen LogP contribution in [-0.2, 0) is 19.5 Å². The average molecular weight is 378 g/mol. The summed E-state index contributed by atoms with van der Waals surface area (Å²) >= 11 is 0. The van der Waals surface area contributed by atoms with Gasteiger partial charge in [0, 0.05) is 48.2 Å². The average Bonchev–Trinajstić information content (AvgIpc) is 2.97. The normalized spacial score (nSPS) is 34.2. The van der Waals surface area contributed by atoms with Crippen molar-refractivity contribution in [3.05, 3.63) is 35.5 Å². The molecule has 2 heterocycles. The molecule has 0 radical (unpaired) electrons. The molecule has 0 saturated heterocycles. The first-order chi connectivity index (χ1) is 13.7. The highest BCUT2D eigenvalue weighted by Crippen LogP contribution is 2.55. The first kappa shape index (κ1) is 17.5. The molecule has 1 N–H and O–H groups in total. The molecule has 3 nitrogen and oxygen atoms in total. The smallest absolute Gasteiger partial charge is 0.0485 e. The molecule has 28 heavy (non-hydrogen) atoms. The van der Waals surface area contributed by atoms with Gasteiger partial charge in [-0.1, -0.05) is 18.2 Å². The lowest BCUT2D eigenvalue weighted by Gasteiger charge is -2.57. The van der Waals surface area contributed by atoms with E-state index in [2.05, 4.69) is 46.1 Å². The van der Waals surface area contributed by atoms with Gasteiger partial charge < -0.3 is 14.8 Å². The molecule has 4 fully saturated rings. The molecule has 0 unspecified atom stereocenters. The maximum atomic E-state index is 4.10. The van der Waals surface area contributed by atoms with Crippen molar-refractivity contribution in [1.82, 2.24) is 14.8 Å². The van der Waals surface area contributed by atoms with Gasteiger partial charge in [0.2, 0.25) is 0 Å². The number of nitrogens with zero attached hydrogens (tertiary/aromatic N) is 2. The van der Waals surface area contributed by atoms with Crippen LogP contribution in [0.3, 0.4) is 0 Å². The van der Waals surface area contributed by atoms with Gasteiger partial charge in [-0.15, -0.1) is 0 Å². The Morgan fingerprint density at radius 3 is 2.50 bits per heavy atom. The highest BCUT2D eigenvalue weighted by atomic mass is 15.1. The van der Waals surface area contributed by atoms with Crippen molar-refractivity contribution in [3.63, 3.8) is 0 Å². The number of aryl methyl sites for hydroxylation is 1. The molecule has 0 spiro atoms. The number of benzene rings is 1. The lowest BCUT2D eigenvalue weighted by Crippen LogP contribution is -2.58. The minimum absolute atomic E-state index is 0.510. The van der Waals surface area contributed by atoms with E-state index >= 15 is 0 Å². The van der Waals surface area contributed by atoms with Crippen molar-refractivity contribution in [1.29, 1.82) is 0 Å². The molecule has 5 aliphatic rings. The molecule has 3 heteroatoms. The van der Waals surface area contributed by atoms with Crippen LogP contribution in [-0.4, -0.2) is 35.1 Å². The van der Waals surface area contributed by atoms with E-state index in [1.54, 1.807) is 11.3 Å². The van der Waals surface area contributed by atoms with E-state index < -0.39 is 0 Å². The molecule has 1 aromatic heterocycles. The van der Waals surface area contributed by atoms with Gasteiger partial charge in [-0.05, 0) is 87.9 Å². The maximum absolute atomic E-state index is 4.10. The fraction of sp³-hybridized carbons (Fsp3) is 0.680. The van der Waals surface area contributed by atoms with Gasteiger partial charge in [0.1, 0.15) is 0 Å². The van der Waals surface area contributed by atoms with Crippen molar-refractivity contribution in [2.75, 3.05) is 20.1 Å². The third-order valence-electron chi connectivity index (χ3n) is 8.45. The van der Waals surface area contributed by atoms with Gasteiger partial charge in [0.15, 0.2) is 0 Å². The van der Waals surface area contributed by atoms with E-state index in [1.165, 1.54) is 81.9 Å². The summed E-state index contributed by atoms with van der Waals surface area (Å²) < 4.78 is 2.65. The Labute approximate surface area is 169 Å². The Morgan fingerprint density at radius 1 is 1.04 bits per heavy atom. The van der Waals surface area contributed by atoms with Crippen molar-refractivity contribution in [2.24, 2.45) is 17.8 Å². The highest BCUT2D eigenvalue weighted by molar-refractivity contribution is 5.85. The molecule has 2 aromatic rings. The zero-order valence-corrected chi connectivity index (χ0v) is 17.4. The first-order valence-electron chi connectivity index (χ1n) is 11.7. The first-order valence-corrected chi connectivity index (χ1v) is 11.7. The fourth-order valence-corrected chi connectivity index (χ4v) is 7.71. The van der Waals surface area contributed by atoms with Crippen LogP contribution in [0.5, 0.6) is 0 Å². The molecule has 1 aromatic carbocycles. The number of likely N-dealkylation sites (N-methyl/N-ethyl adjacent to an activating group) is 1. The van der Waals surface area contributed by atoms with Gasteiger partial charge in [0.25, 0.3) is 0 Å². The van der Waals surface area contributed by atoms with Crippen LogP contribution in [0.4, 0.5) is 0 Å². The van der Waals surface area contributed by atoms with Crippen molar-refractivity contribution < 1.29 is 0 Å². The van der Waals surface area contributed by atoms with Crippen molar-refractivity contribution in [2.45, 2.75) is 70.0 Å². The number of rotatable bonds is 5. The predicted octanol–water partition coefficient (Wildman–Crippen LogP) is 4.58. The Hall–Kier alpha value is -1.32. The quantitative estimate of drug-likeness (QED) is 0.770. The molecule has 4 saturated carbocycles. The second-order valence-electron chi connectivity index (χ2n) is 10.6. The number of para-hydroxylation sites is 1. The Kier molecular flexibility index (Phi) is 4.13. The molecule has 150 valence electrons. The maximum Gasteiger partial charge on any atom is 0.0485 e. The van der Waals surface area contributed by atoms with E-state index in [0.29, 0.717) is 5.54 Å². The Balaban J connectivity index is 1.16. The summed E-state index contributed by atoms with van der Waals surface area (Å²) in [4.78, 5) is 2.47. The van der Waals surface area contributed by atoms with E-state index in [9.17, 15) is 0 Å². The van der Waals surface area contributed by atoms with E-state index in [-0.39, 0.29) is 0 Å². The van der Waals surface area contributed by atoms with Gasteiger partial charge >= 0.3 is 0 Å². The molecule has 0 amide bonds. The summed E-state index contributed by atoms with van der Waals surface area (Å²) in [5, 5.41) is 5.59. The Bertz CT molecular complexity index is 844. The zero-order chi connectivity index (χ0) is 18.7. The zero-order valence-electron chi connectivity index (χ0n) is 17.4. The fourth-order valence-electron chi connectivity index (χ4n) is 7.71. The summed E-state index contributed by atoms with van der Waals surface area (Å²) in [5.41, 5.74) is 5.15. The van der Waals surface area contributed by atoms with Gasteiger partial charge in [-0.3, -0.25) is 0 Å². The molecule has 4 bridgehead atoms. The lowest BCUT2D eigenvalue weighted by molar-refractivity contribution is -0.0196. The van der Waals surface area contributed by atoms with Gasteiger partial charge in [-0.25, -0.2) is 0 Å². The summed E-state index contributed by atoms with van der Waals surface area (Å²) in [6, 6.07) is 9.08. The largest absolute Gasteiger partial charge is 0.344 e. The molecule has 7 rings (SSSR count). The summed E-state index contributed by atoms with van der Waals surface area (Å²) in [6.45, 7) is 4.65. The number of hydrogen-bond acceptors (Lipinski definition) is 2. The molecule has 1 aliphatic heterocycles. The van der Waals surface area contributed by atoms with Crippen LogP contribution in [0.2, 0.25) is 0 Å². The van der Waals surface area contributed by atoms with E-state index in [1.807, 2.05) is 0 Å².